The first-order valence-electron chi connectivity index (χ1n) is 5.31. The third kappa shape index (κ3) is 4.01. The molecule has 0 saturated carbocycles. The lowest BCUT2D eigenvalue weighted by molar-refractivity contribution is -0.117. The molecule has 98 valence electrons. The van der Waals surface area contributed by atoms with Crippen LogP contribution in [0.4, 0.5) is 5.69 Å². The maximum absolute atomic E-state index is 11.7. The van der Waals surface area contributed by atoms with Gasteiger partial charge in [-0.05, 0) is 26.0 Å². The largest absolute Gasteiger partial charge is 0.478 e. The number of rotatable bonds is 4. The summed E-state index contributed by atoms with van der Waals surface area (Å²) in [6, 6.07) is 4.50. The van der Waals surface area contributed by atoms with E-state index in [1.165, 1.54) is 12.1 Å². The Kier molecular flexibility index (Phi) is 4.32. The van der Waals surface area contributed by atoms with Gasteiger partial charge in [0.1, 0.15) is 5.56 Å². The fourth-order valence-electron chi connectivity index (χ4n) is 1.45. The number of carboxylic acids is 1. The van der Waals surface area contributed by atoms with Crippen molar-refractivity contribution >= 4 is 29.2 Å². The van der Waals surface area contributed by atoms with Crippen LogP contribution in [0.1, 0.15) is 30.6 Å². The van der Waals surface area contributed by atoms with Crippen molar-refractivity contribution in [2.75, 3.05) is 5.32 Å². The average molecular weight is 271 g/mol. The molecule has 18 heavy (non-hydrogen) atoms. The van der Waals surface area contributed by atoms with Crippen molar-refractivity contribution < 1.29 is 14.7 Å². The molecular formula is C12H15ClN2O3. The Morgan fingerprint density at radius 3 is 2.56 bits per heavy atom. The summed E-state index contributed by atoms with van der Waals surface area (Å²) >= 11 is 5.78. The predicted molar refractivity (Wildman–Crippen MR) is 69.9 cm³/mol. The van der Waals surface area contributed by atoms with Crippen LogP contribution in [0.3, 0.4) is 0 Å². The van der Waals surface area contributed by atoms with E-state index in [0.29, 0.717) is 0 Å². The third-order valence-electron chi connectivity index (χ3n) is 2.12. The smallest absolute Gasteiger partial charge is 0.339 e. The quantitative estimate of drug-likeness (QED) is 0.781. The molecule has 1 amide bonds. The average Bonchev–Trinajstić information content (AvgIpc) is 2.13. The molecule has 0 unspecified atom stereocenters. The summed E-state index contributed by atoms with van der Waals surface area (Å²) in [7, 11) is 0. The van der Waals surface area contributed by atoms with Gasteiger partial charge in [-0.2, -0.15) is 0 Å². The van der Waals surface area contributed by atoms with Crippen molar-refractivity contribution in [3.05, 3.63) is 28.8 Å². The van der Waals surface area contributed by atoms with E-state index in [2.05, 4.69) is 5.32 Å². The second kappa shape index (κ2) is 5.37. The minimum atomic E-state index is -1.19. The maximum Gasteiger partial charge on any atom is 0.339 e. The van der Waals surface area contributed by atoms with Gasteiger partial charge in [-0.15, -0.1) is 0 Å². The van der Waals surface area contributed by atoms with Crippen LogP contribution in [-0.4, -0.2) is 22.5 Å². The van der Waals surface area contributed by atoms with E-state index in [-0.39, 0.29) is 28.6 Å². The first-order chi connectivity index (χ1) is 8.20. The first-order valence-corrected chi connectivity index (χ1v) is 5.69. The Hall–Kier alpha value is -1.59. The standard InChI is InChI=1S/C12H15ClN2O3/c1-12(2,14)6-9(16)15-8-5-3-4-7(13)10(8)11(17)18/h3-5H,6,14H2,1-2H3,(H,15,16)(H,17,18). The Morgan fingerprint density at radius 2 is 2.06 bits per heavy atom. The molecule has 0 aromatic heterocycles. The number of anilines is 1. The molecule has 1 aromatic carbocycles. The van der Waals surface area contributed by atoms with Gasteiger partial charge in [-0.1, -0.05) is 17.7 Å². The van der Waals surface area contributed by atoms with Crippen molar-refractivity contribution in [1.82, 2.24) is 0 Å². The summed E-state index contributed by atoms with van der Waals surface area (Å²) in [5.74, 6) is -1.55. The van der Waals surface area contributed by atoms with Gasteiger partial charge in [0.15, 0.2) is 0 Å². The highest BCUT2D eigenvalue weighted by Gasteiger charge is 2.20. The third-order valence-corrected chi connectivity index (χ3v) is 2.43. The van der Waals surface area contributed by atoms with Gasteiger partial charge >= 0.3 is 5.97 Å². The van der Waals surface area contributed by atoms with E-state index >= 15 is 0 Å². The van der Waals surface area contributed by atoms with Crippen molar-refractivity contribution in [1.29, 1.82) is 0 Å². The van der Waals surface area contributed by atoms with E-state index in [1.54, 1.807) is 19.9 Å². The Bertz CT molecular complexity index is 481. The lowest BCUT2D eigenvalue weighted by Gasteiger charge is -2.18. The number of amides is 1. The number of nitrogens with one attached hydrogen (secondary N) is 1. The van der Waals surface area contributed by atoms with Crippen LogP contribution in [0.25, 0.3) is 0 Å². The number of hydrogen-bond acceptors (Lipinski definition) is 3. The van der Waals surface area contributed by atoms with Crippen LogP contribution in [-0.2, 0) is 4.79 Å². The van der Waals surface area contributed by atoms with E-state index < -0.39 is 11.5 Å². The van der Waals surface area contributed by atoms with E-state index in [0.717, 1.165) is 0 Å². The summed E-state index contributed by atoms with van der Waals surface area (Å²) in [5.41, 5.74) is 5.10. The molecule has 6 heteroatoms. The molecule has 0 fully saturated rings. The number of carboxylic acid groups (broad SMARTS) is 1. The number of carbonyl (C=O) groups excluding carboxylic acids is 1. The number of hydrogen-bond donors (Lipinski definition) is 3. The number of aromatic carboxylic acids is 1. The van der Waals surface area contributed by atoms with Crippen LogP contribution >= 0.6 is 11.6 Å². The zero-order valence-corrected chi connectivity index (χ0v) is 10.9. The minimum Gasteiger partial charge on any atom is -0.478 e. The topological polar surface area (TPSA) is 92.4 Å². The lowest BCUT2D eigenvalue weighted by atomic mass is 10.0. The molecule has 0 bridgehead atoms. The summed E-state index contributed by atoms with van der Waals surface area (Å²) in [6.07, 6.45) is 0.0819. The van der Waals surface area contributed by atoms with Gasteiger partial charge in [0.25, 0.3) is 0 Å². The van der Waals surface area contributed by atoms with Crippen molar-refractivity contribution in [2.24, 2.45) is 5.73 Å². The van der Waals surface area contributed by atoms with Crippen LogP contribution < -0.4 is 11.1 Å². The van der Waals surface area contributed by atoms with E-state index in [9.17, 15) is 9.59 Å². The van der Waals surface area contributed by atoms with Gasteiger partial charge in [-0.3, -0.25) is 4.79 Å². The molecule has 0 aliphatic rings. The number of benzene rings is 1. The molecule has 0 spiro atoms. The van der Waals surface area contributed by atoms with Gasteiger partial charge in [0.05, 0.1) is 10.7 Å². The molecule has 1 rings (SSSR count). The number of halogens is 1. The van der Waals surface area contributed by atoms with Crippen LogP contribution in [0.5, 0.6) is 0 Å². The van der Waals surface area contributed by atoms with Gasteiger partial charge in [0.2, 0.25) is 5.91 Å². The molecule has 1 aromatic rings. The van der Waals surface area contributed by atoms with E-state index in [4.69, 9.17) is 22.4 Å². The molecule has 0 radical (unpaired) electrons. The number of nitrogens with two attached hydrogens (primary N) is 1. The van der Waals surface area contributed by atoms with Crippen molar-refractivity contribution in [3.63, 3.8) is 0 Å². The van der Waals surface area contributed by atoms with Gasteiger partial charge in [0, 0.05) is 12.0 Å². The fraction of sp³-hybridized carbons (Fsp3) is 0.333. The highest BCUT2D eigenvalue weighted by molar-refractivity contribution is 6.34. The monoisotopic (exact) mass is 270 g/mol. The van der Waals surface area contributed by atoms with Gasteiger partial charge in [-0.25, -0.2) is 4.79 Å². The maximum atomic E-state index is 11.7. The van der Waals surface area contributed by atoms with Crippen LogP contribution in [0.15, 0.2) is 18.2 Å². The fourth-order valence-corrected chi connectivity index (χ4v) is 1.71. The second-order valence-electron chi connectivity index (χ2n) is 4.68. The van der Waals surface area contributed by atoms with Crippen LogP contribution in [0.2, 0.25) is 5.02 Å². The Balaban J connectivity index is 2.95. The second-order valence-corrected chi connectivity index (χ2v) is 5.09. The number of carbonyl (C=O) groups is 2. The highest BCUT2D eigenvalue weighted by Crippen LogP contribution is 2.24. The Morgan fingerprint density at radius 1 is 1.44 bits per heavy atom. The summed E-state index contributed by atoms with van der Waals surface area (Å²) in [6.45, 7) is 3.42. The normalized spacial score (nSPS) is 11.1. The molecule has 0 heterocycles. The zero-order chi connectivity index (χ0) is 13.9. The van der Waals surface area contributed by atoms with E-state index in [1.807, 2.05) is 0 Å². The summed E-state index contributed by atoms with van der Waals surface area (Å²) < 4.78 is 0. The Labute approximate surface area is 110 Å². The minimum absolute atomic E-state index is 0.0762. The zero-order valence-electron chi connectivity index (χ0n) is 10.2. The lowest BCUT2D eigenvalue weighted by Crippen LogP contribution is -2.36. The van der Waals surface area contributed by atoms with Crippen molar-refractivity contribution in [2.45, 2.75) is 25.8 Å². The van der Waals surface area contributed by atoms with Crippen molar-refractivity contribution in [3.8, 4) is 0 Å². The summed E-state index contributed by atoms with van der Waals surface area (Å²) in [5, 5.41) is 11.6. The molecule has 5 nitrogen and oxygen atoms in total. The van der Waals surface area contributed by atoms with Crippen LogP contribution in [0, 0.1) is 0 Å². The molecular weight excluding hydrogens is 256 g/mol. The van der Waals surface area contributed by atoms with Gasteiger partial charge < -0.3 is 16.2 Å². The first kappa shape index (κ1) is 14.5. The molecule has 0 aliphatic carbocycles. The predicted octanol–water partition coefficient (Wildman–Crippen LogP) is 2.10. The SMILES string of the molecule is CC(C)(N)CC(=O)Nc1cccc(Cl)c1C(=O)O. The molecule has 0 atom stereocenters. The molecule has 4 N–H and O–H groups in total. The molecule has 0 saturated heterocycles. The molecule has 0 aliphatic heterocycles. The summed E-state index contributed by atoms with van der Waals surface area (Å²) in [4.78, 5) is 22.7. The highest BCUT2D eigenvalue weighted by atomic mass is 35.5.